The van der Waals surface area contributed by atoms with E-state index < -0.39 is 12.1 Å². The fourth-order valence-corrected chi connectivity index (χ4v) is 8.34. The molecule has 4 aliphatic rings. The van der Waals surface area contributed by atoms with Crippen molar-refractivity contribution in [2.24, 2.45) is 0 Å². The van der Waals surface area contributed by atoms with Crippen LogP contribution in [-0.4, -0.2) is 101 Å². The van der Waals surface area contributed by atoms with E-state index in [0.29, 0.717) is 66.7 Å². The summed E-state index contributed by atoms with van der Waals surface area (Å²) in [7, 11) is 0. The van der Waals surface area contributed by atoms with Crippen LogP contribution in [0.1, 0.15) is 62.5 Å². The van der Waals surface area contributed by atoms with Gasteiger partial charge in [-0.3, -0.25) is 9.59 Å². The van der Waals surface area contributed by atoms with Crippen molar-refractivity contribution in [1.82, 2.24) is 24.9 Å². The highest BCUT2D eigenvalue weighted by atomic mass is 127. The topological polar surface area (TPSA) is 117 Å². The lowest BCUT2D eigenvalue weighted by atomic mass is 9.98. The van der Waals surface area contributed by atoms with Crippen LogP contribution in [-0.2, 0) is 20.6 Å². The average Bonchev–Trinajstić information content (AvgIpc) is 3.11. The maximum Gasteiger partial charge on any atom is 0.322 e. The molecule has 0 radical (unpaired) electrons. The average molecular weight is 790 g/mol. The van der Waals surface area contributed by atoms with Gasteiger partial charge in [0.1, 0.15) is 6.04 Å². The summed E-state index contributed by atoms with van der Waals surface area (Å²) in [6.45, 7) is 4.94. The van der Waals surface area contributed by atoms with Crippen molar-refractivity contribution >= 4 is 69.4 Å². The van der Waals surface area contributed by atoms with E-state index in [0.717, 1.165) is 42.7 Å². The standard InChI is InChI=1S/C35H45ClIN7O4/c36-26-9-8-24(22-37)30(20-26)38-34(47)39-31(33(46)43-18-10-27(11-19-43)41-14-4-1-5-15-41)21-32(45)42-16-12-28(13-17-42)44-23-25-6-2-3-7-29(25)40-35(44)48/h2-3,6-9,20,27-28,31H,1,4-5,10-19,21-23H2,(H,40,48)(H2,38,39,47)/t31-/m0/s1. The number of rotatable bonds is 8. The minimum atomic E-state index is -1.01. The summed E-state index contributed by atoms with van der Waals surface area (Å²) in [5.74, 6) is -0.409. The van der Waals surface area contributed by atoms with Gasteiger partial charge in [0.05, 0.1) is 6.42 Å². The number of fused-ring (bicyclic) bond motifs is 1. The van der Waals surface area contributed by atoms with Crippen molar-refractivity contribution in [3.8, 4) is 0 Å². The number of likely N-dealkylation sites (tertiary alicyclic amines) is 3. The van der Waals surface area contributed by atoms with Gasteiger partial charge >= 0.3 is 12.1 Å². The molecule has 0 aromatic heterocycles. The van der Waals surface area contributed by atoms with E-state index >= 15 is 0 Å². The number of piperidine rings is 3. The molecule has 6 amide bonds. The third kappa shape index (κ3) is 8.36. The third-order valence-corrected chi connectivity index (χ3v) is 11.3. The van der Waals surface area contributed by atoms with Crippen LogP contribution in [0.3, 0.4) is 0 Å². The zero-order chi connectivity index (χ0) is 33.6. The number of para-hydroxylation sites is 1. The number of hydrogen-bond acceptors (Lipinski definition) is 5. The maximum absolute atomic E-state index is 14.0. The number of alkyl halides is 1. The Hall–Kier alpha value is -3.10. The fraction of sp³-hybridized carbons (Fsp3) is 0.543. The summed E-state index contributed by atoms with van der Waals surface area (Å²) in [6, 6.07) is 11.9. The smallest absolute Gasteiger partial charge is 0.322 e. The highest BCUT2D eigenvalue weighted by molar-refractivity contribution is 14.1. The van der Waals surface area contributed by atoms with Crippen molar-refractivity contribution in [3.63, 3.8) is 0 Å². The molecule has 2 aromatic rings. The number of hydrogen-bond donors (Lipinski definition) is 3. The Morgan fingerprint density at radius 3 is 2.31 bits per heavy atom. The predicted octanol–water partition coefficient (Wildman–Crippen LogP) is 5.67. The highest BCUT2D eigenvalue weighted by Crippen LogP contribution is 2.28. The monoisotopic (exact) mass is 789 g/mol. The Morgan fingerprint density at radius 1 is 0.896 bits per heavy atom. The molecule has 3 N–H and O–H groups in total. The molecular formula is C35H45ClIN7O4. The molecule has 11 nitrogen and oxygen atoms in total. The molecule has 48 heavy (non-hydrogen) atoms. The molecule has 0 bridgehead atoms. The van der Waals surface area contributed by atoms with Crippen LogP contribution in [0, 0.1) is 0 Å². The molecule has 3 fully saturated rings. The number of benzene rings is 2. The first-order valence-corrected chi connectivity index (χ1v) is 19.1. The number of urea groups is 2. The summed E-state index contributed by atoms with van der Waals surface area (Å²) in [4.78, 5) is 61.9. The first-order valence-electron chi connectivity index (χ1n) is 17.2. The summed E-state index contributed by atoms with van der Waals surface area (Å²) < 4.78 is 0.666. The normalized spacial score (nSPS) is 20.1. The predicted molar refractivity (Wildman–Crippen MR) is 195 cm³/mol. The second-order valence-electron chi connectivity index (χ2n) is 13.3. The molecule has 1 atom stereocenters. The number of carbonyl (C=O) groups is 4. The molecule has 0 spiro atoms. The lowest BCUT2D eigenvalue weighted by Crippen LogP contribution is -2.56. The second-order valence-corrected chi connectivity index (χ2v) is 14.5. The van der Waals surface area contributed by atoms with Gasteiger partial charge in [-0.05, 0) is 80.9 Å². The van der Waals surface area contributed by atoms with Gasteiger partial charge in [-0.2, -0.15) is 0 Å². The number of halogens is 2. The van der Waals surface area contributed by atoms with E-state index in [1.54, 1.807) is 17.0 Å². The molecule has 13 heteroatoms. The van der Waals surface area contributed by atoms with Gasteiger partial charge in [-0.15, -0.1) is 0 Å². The van der Waals surface area contributed by atoms with Gasteiger partial charge in [0.15, 0.2) is 0 Å². The molecule has 0 unspecified atom stereocenters. The molecule has 0 aliphatic carbocycles. The van der Waals surface area contributed by atoms with Crippen LogP contribution in [0.25, 0.3) is 0 Å². The van der Waals surface area contributed by atoms with Gasteiger partial charge in [0.2, 0.25) is 11.8 Å². The quantitative estimate of drug-likeness (QED) is 0.236. The molecule has 2 aromatic carbocycles. The zero-order valence-corrected chi connectivity index (χ0v) is 30.2. The summed E-state index contributed by atoms with van der Waals surface area (Å²) in [6.07, 6.45) is 6.68. The van der Waals surface area contributed by atoms with Crippen molar-refractivity contribution < 1.29 is 19.2 Å². The largest absolute Gasteiger partial charge is 0.342 e. The maximum atomic E-state index is 14.0. The summed E-state index contributed by atoms with van der Waals surface area (Å²) in [5.41, 5.74) is 3.39. The van der Waals surface area contributed by atoms with Crippen LogP contribution in [0.15, 0.2) is 42.5 Å². The van der Waals surface area contributed by atoms with Gasteiger partial charge in [0.25, 0.3) is 0 Å². The van der Waals surface area contributed by atoms with Gasteiger partial charge < -0.3 is 35.6 Å². The molecule has 3 saturated heterocycles. The second kappa shape index (κ2) is 16.1. The van der Waals surface area contributed by atoms with Crippen LogP contribution in [0.5, 0.6) is 0 Å². The molecule has 0 saturated carbocycles. The van der Waals surface area contributed by atoms with E-state index in [1.165, 1.54) is 19.3 Å². The van der Waals surface area contributed by atoms with E-state index in [-0.39, 0.29) is 30.3 Å². The van der Waals surface area contributed by atoms with Crippen molar-refractivity contribution in [1.29, 1.82) is 0 Å². The molecular weight excluding hydrogens is 745 g/mol. The van der Waals surface area contributed by atoms with Crippen LogP contribution >= 0.6 is 34.2 Å². The Bertz CT molecular complexity index is 1490. The number of anilines is 2. The first kappa shape index (κ1) is 34.8. The van der Waals surface area contributed by atoms with E-state index in [1.807, 2.05) is 40.1 Å². The Labute approximate surface area is 301 Å². The van der Waals surface area contributed by atoms with Crippen molar-refractivity contribution in [3.05, 3.63) is 58.6 Å². The lowest BCUT2D eigenvalue weighted by Gasteiger charge is -2.41. The number of nitrogens with zero attached hydrogens (tertiary/aromatic N) is 4. The fourth-order valence-electron chi connectivity index (χ4n) is 7.50. The SMILES string of the molecule is O=C(Nc1cc(Cl)ccc1CI)N[C@@H](CC(=O)N1CCC(N2Cc3ccccc3NC2=O)CC1)C(=O)N1CCC(N2CCCCC2)CC1. The van der Waals surface area contributed by atoms with Gasteiger partial charge in [-0.1, -0.05) is 64.9 Å². The minimum Gasteiger partial charge on any atom is -0.342 e. The summed E-state index contributed by atoms with van der Waals surface area (Å²) in [5, 5.41) is 9.19. The molecule has 4 aliphatic heterocycles. The Morgan fingerprint density at radius 2 is 1.58 bits per heavy atom. The van der Waals surface area contributed by atoms with E-state index in [4.69, 9.17) is 11.6 Å². The number of amides is 6. The van der Waals surface area contributed by atoms with E-state index in [9.17, 15) is 19.2 Å². The molecule has 4 heterocycles. The van der Waals surface area contributed by atoms with Crippen LogP contribution in [0.4, 0.5) is 21.0 Å². The highest BCUT2D eigenvalue weighted by Gasteiger charge is 2.36. The Balaban J connectivity index is 1.09. The van der Waals surface area contributed by atoms with Crippen LogP contribution in [0.2, 0.25) is 5.02 Å². The minimum absolute atomic E-state index is 0.00901. The van der Waals surface area contributed by atoms with Gasteiger partial charge in [0, 0.05) is 65.6 Å². The van der Waals surface area contributed by atoms with Crippen molar-refractivity contribution in [2.45, 2.75) is 80.5 Å². The number of nitrogens with one attached hydrogen (secondary N) is 3. The lowest BCUT2D eigenvalue weighted by molar-refractivity contribution is -0.140. The summed E-state index contributed by atoms with van der Waals surface area (Å²) >= 11 is 8.44. The van der Waals surface area contributed by atoms with Crippen LogP contribution < -0.4 is 16.0 Å². The third-order valence-electron chi connectivity index (χ3n) is 10.2. The Kier molecular flexibility index (Phi) is 11.6. The van der Waals surface area contributed by atoms with Crippen molar-refractivity contribution in [2.75, 3.05) is 49.9 Å². The first-order chi connectivity index (χ1) is 23.3. The molecule has 258 valence electrons. The van der Waals surface area contributed by atoms with Gasteiger partial charge in [-0.25, -0.2) is 9.59 Å². The zero-order valence-electron chi connectivity index (χ0n) is 27.3. The van der Waals surface area contributed by atoms with E-state index in [2.05, 4.69) is 43.4 Å². The number of carbonyl (C=O) groups excluding carboxylic acids is 4. The molecule has 6 rings (SSSR count).